The van der Waals surface area contributed by atoms with Gasteiger partial charge in [-0.3, -0.25) is 0 Å². The molecule has 0 aliphatic heterocycles. The minimum Gasteiger partial charge on any atom is -0.504 e. The summed E-state index contributed by atoms with van der Waals surface area (Å²) >= 11 is 0. The number of hydrogen-bond acceptors (Lipinski definition) is 14. The number of benzene rings is 4. The van der Waals surface area contributed by atoms with Crippen molar-refractivity contribution in [2.45, 2.75) is 0 Å². The van der Waals surface area contributed by atoms with Crippen LogP contribution in [0.2, 0.25) is 0 Å². The van der Waals surface area contributed by atoms with E-state index >= 15 is 0 Å². The number of rotatable bonds is 14. The van der Waals surface area contributed by atoms with Crippen LogP contribution in [-0.2, 0) is 21.1 Å². The van der Waals surface area contributed by atoms with Crippen molar-refractivity contribution in [2.75, 3.05) is 56.9 Å². The molecule has 19 heteroatoms. The number of phenols is 1. The molecule has 0 spiro atoms. The summed E-state index contributed by atoms with van der Waals surface area (Å²) in [6.07, 6.45) is 7.18. The predicted octanol–water partition coefficient (Wildman–Crippen LogP) is 7.25. The summed E-state index contributed by atoms with van der Waals surface area (Å²) in [5.74, 6) is 3.52. The molecule has 4 aromatic rings. The molecule has 0 radical (unpaired) electrons. The highest BCUT2D eigenvalue weighted by atomic mass is 32.3. The molecule has 1 N–H and O–H groups in total. The van der Waals surface area contributed by atoms with Crippen molar-refractivity contribution >= 4 is 45.4 Å². The maximum absolute atomic E-state index is 12.8. The lowest BCUT2D eigenvalue weighted by atomic mass is 10.1. The van der Waals surface area contributed by atoms with E-state index in [-0.39, 0.29) is 17.2 Å². The van der Waals surface area contributed by atoms with Gasteiger partial charge in [0.25, 0.3) is 0 Å². The SMILES string of the molecule is COc1ccc(/C=C\c2cc(OC)c(OC)c(OC)c2)cc1O.COc1ccc(/C=C\c2cc(OC)c(OC)c(OC)c2)cc1OS(=O)(=O)F.O=S(=O)(F)F. The highest BCUT2D eigenvalue weighted by Gasteiger charge is 2.16. The molecule has 0 aliphatic carbocycles. The number of halogens is 3. The molecule has 0 heterocycles. The van der Waals surface area contributed by atoms with Gasteiger partial charge in [-0.05, 0) is 70.8 Å². The Morgan fingerprint density at radius 1 is 0.436 bits per heavy atom. The third-order valence-corrected chi connectivity index (χ3v) is 7.27. The first-order valence-electron chi connectivity index (χ1n) is 15.2. The Kier molecular flexibility index (Phi) is 17.3. The summed E-state index contributed by atoms with van der Waals surface area (Å²) in [7, 11) is 1.24. The quantitative estimate of drug-likeness (QED) is 0.0996. The lowest BCUT2D eigenvalue weighted by Crippen LogP contribution is -2.03. The third-order valence-electron chi connectivity index (χ3n) is 6.89. The zero-order valence-corrected chi connectivity index (χ0v) is 32.4. The van der Waals surface area contributed by atoms with Crippen molar-refractivity contribution < 1.29 is 75.7 Å². The van der Waals surface area contributed by atoms with Gasteiger partial charge in [0.2, 0.25) is 11.5 Å². The van der Waals surface area contributed by atoms with Gasteiger partial charge in [0.1, 0.15) is 0 Å². The van der Waals surface area contributed by atoms with E-state index in [1.54, 1.807) is 63.8 Å². The van der Waals surface area contributed by atoms with Gasteiger partial charge in [0.05, 0.1) is 56.9 Å². The van der Waals surface area contributed by atoms with E-state index in [1.807, 2.05) is 30.4 Å². The van der Waals surface area contributed by atoms with E-state index in [1.165, 1.54) is 47.7 Å². The minimum absolute atomic E-state index is 0.0844. The summed E-state index contributed by atoms with van der Waals surface area (Å²) in [6, 6.07) is 16.8. The Labute approximate surface area is 317 Å². The summed E-state index contributed by atoms with van der Waals surface area (Å²) < 4.78 is 117. The van der Waals surface area contributed by atoms with E-state index in [4.69, 9.17) is 46.3 Å². The van der Waals surface area contributed by atoms with Gasteiger partial charge in [0.15, 0.2) is 46.0 Å². The second-order valence-corrected chi connectivity index (χ2v) is 12.0. The fourth-order valence-corrected chi connectivity index (χ4v) is 4.90. The number of aromatic hydroxyl groups is 1. The van der Waals surface area contributed by atoms with Gasteiger partial charge in [0, 0.05) is 0 Å². The lowest BCUT2D eigenvalue weighted by Gasteiger charge is -2.13. The van der Waals surface area contributed by atoms with Crippen molar-refractivity contribution in [3.05, 3.63) is 82.9 Å². The van der Waals surface area contributed by atoms with Crippen LogP contribution in [0.1, 0.15) is 22.3 Å². The van der Waals surface area contributed by atoms with Crippen LogP contribution in [0.3, 0.4) is 0 Å². The van der Waals surface area contributed by atoms with Gasteiger partial charge in [-0.1, -0.05) is 48.1 Å². The van der Waals surface area contributed by atoms with Gasteiger partial charge >= 0.3 is 21.1 Å². The average molecular weight is 817 g/mol. The molecule has 0 atom stereocenters. The smallest absolute Gasteiger partial charge is 0.488 e. The van der Waals surface area contributed by atoms with E-state index in [0.717, 1.165) is 16.7 Å². The number of phenolic OH excluding ortho intramolecular Hbond substituents is 1. The topological polar surface area (TPSA) is 172 Å². The summed E-state index contributed by atoms with van der Waals surface area (Å²) in [5.41, 5.74) is 3.02. The molecule has 0 fully saturated rings. The lowest BCUT2D eigenvalue weighted by molar-refractivity contribution is 0.324. The molecular weight excluding hydrogens is 778 g/mol. The molecule has 0 aromatic heterocycles. The summed E-state index contributed by atoms with van der Waals surface area (Å²) in [5, 5.41) is 9.81. The number of ether oxygens (including phenoxy) is 8. The second-order valence-electron chi connectivity index (χ2n) is 10.3. The number of methoxy groups -OCH3 is 8. The molecule has 14 nitrogen and oxygen atoms in total. The van der Waals surface area contributed by atoms with Gasteiger partial charge in [-0.15, -0.1) is 0 Å². The molecule has 55 heavy (non-hydrogen) atoms. The second kappa shape index (κ2) is 21.1. The fraction of sp³-hybridized carbons (Fsp3) is 0.222. The van der Waals surface area contributed by atoms with Crippen molar-refractivity contribution in [1.82, 2.24) is 0 Å². The molecule has 0 aliphatic rings. The van der Waals surface area contributed by atoms with Crippen molar-refractivity contribution in [3.63, 3.8) is 0 Å². The molecule has 0 saturated carbocycles. The van der Waals surface area contributed by atoms with E-state index < -0.39 is 21.1 Å². The molecular formula is C36H39F3O14S2. The van der Waals surface area contributed by atoms with Gasteiger partial charge < -0.3 is 47.2 Å². The van der Waals surface area contributed by atoms with Crippen LogP contribution in [0.5, 0.6) is 57.5 Å². The third kappa shape index (κ3) is 14.8. The molecule has 0 amide bonds. The van der Waals surface area contributed by atoms with Gasteiger partial charge in [-0.25, -0.2) is 0 Å². The van der Waals surface area contributed by atoms with E-state index in [2.05, 4.69) is 4.18 Å². The monoisotopic (exact) mass is 816 g/mol. The highest BCUT2D eigenvalue weighted by molar-refractivity contribution is 7.81. The van der Waals surface area contributed by atoms with Crippen LogP contribution in [0.15, 0.2) is 60.7 Å². The van der Waals surface area contributed by atoms with Gasteiger partial charge in [-0.2, -0.15) is 16.8 Å². The fourth-order valence-electron chi connectivity index (χ4n) is 4.56. The average Bonchev–Trinajstić information content (AvgIpc) is 3.14. The Morgan fingerprint density at radius 2 is 0.745 bits per heavy atom. The molecule has 300 valence electrons. The van der Waals surface area contributed by atoms with Crippen molar-refractivity contribution in [1.29, 1.82) is 0 Å². The van der Waals surface area contributed by atoms with Crippen LogP contribution < -0.4 is 42.1 Å². The van der Waals surface area contributed by atoms with Crippen molar-refractivity contribution in [3.8, 4) is 57.5 Å². The maximum Gasteiger partial charge on any atom is 0.488 e. The van der Waals surface area contributed by atoms with Crippen LogP contribution in [0.4, 0.5) is 11.7 Å². The first-order valence-corrected chi connectivity index (χ1v) is 17.8. The Bertz CT molecular complexity index is 2120. The molecule has 0 bridgehead atoms. The van der Waals surface area contributed by atoms with Crippen molar-refractivity contribution in [2.24, 2.45) is 0 Å². The normalized spacial score (nSPS) is 11.0. The van der Waals surface area contributed by atoms with Crippen LogP contribution in [-0.4, -0.2) is 78.8 Å². The van der Waals surface area contributed by atoms with Crippen LogP contribution >= 0.6 is 0 Å². The van der Waals surface area contributed by atoms with E-state index in [0.29, 0.717) is 45.8 Å². The summed E-state index contributed by atoms with van der Waals surface area (Å²) in [4.78, 5) is 0. The van der Waals surface area contributed by atoms with Crippen LogP contribution in [0.25, 0.3) is 24.3 Å². The Hall–Kier alpha value is -5.95. The number of hydrogen-bond donors (Lipinski definition) is 1. The molecule has 4 aromatic carbocycles. The molecule has 0 saturated heterocycles. The Morgan fingerprint density at radius 3 is 1.05 bits per heavy atom. The highest BCUT2D eigenvalue weighted by Crippen LogP contribution is 2.40. The van der Waals surface area contributed by atoms with E-state index in [9.17, 15) is 25.2 Å². The molecule has 0 unspecified atom stereocenters. The first kappa shape index (κ1) is 45.2. The summed E-state index contributed by atoms with van der Waals surface area (Å²) in [6.45, 7) is 0. The zero-order valence-electron chi connectivity index (χ0n) is 30.8. The standard InChI is InChI=1S/C18H19FO7S.C18H20O5.F2O2S/c1-22-14-8-7-12(9-15(14)26-27(19,20)21)5-6-13-10-16(23-2)18(25-4)17(11-13)24-3;1-20-15-8-7-12(9-14(15)19)5-6-13-10-16(21-2)18(23-4)17(11-13)22-3;1-5(2,3)4/h5-11H,1-4H3;5-11,19H,1-4H3;/b2*6-5-;. The predicted molar refractivity (Wildman–Crippen MR) is 199 cm³/mol. The Balaban J connectivity index is 0.000000342. The molecule has 4 rings (SSSR count). The maximum atomic E-state index is 12.8. The van der Waals surface area contributed by atoms with Crippen LogP contribution in [0, 0.1) is 0 Å². The first-order chi connectivity index (χ1) is 25.9. The minimum atomic E-state index is -5.67. The zero-order chi connectivity index (χ0) is 41.3. The largest absolute Gasteiger partial charge is 0.504 e.